The minimum absolute atomic E-state index is 0.120. The number of aliphatic imine (C=N–C) groups is 1. The second-order valence-electron chi connectivity index (χ2n) is 7.13. The Hall–Kier alpha value is -0.850. The fourth-order valence-electron chi connectivity index (χ4n) is 4.25. The summed E-state index contributed by atoms with van der Waals surface area (Å²) in [5.74, 6) is 1.59. The molecule has 1 saturated carbocycles. The van der Waals surface area contributed by atoms with Gasteiger partial charge in [-0.05, 0) is 6.42 Å². The van der Waals surface area contributed by atoms with E-state index in [1.54, 1.807) is 7.11 Å². The lowest BCUT2D eigenvalue weighted by Gasteiger charge is -2.55. The van der Waals surface area contributed by atoms with E-state index in [-0.39, 0.29) is 11.5 Å². The Kier molecular flexibility index (Phi) is 4.61. The van der Waals surface area contributed by atoms with Gasteiger partial charge < -0.3 is 24.4 Å². The molecule has 0 aromatic carbocycles. The predicted molar refractivity (Wildman–Crippen MR) is 85.1 cm³/mol. The number of nitrogens with zero attached hydrogens (tertiary/aromatic N) is 2. The molecular formula is C16H29N3O3. The SMILES string of the molecule is CN=C(NC1C2CCOC2C1(C)C)N1CCOC(COC)C1. The van der Waals surface area contributed by atoms with Crippen molar-refractivity contribution in [2.45, 2.75) is 38.5 Å². The average molecular weight is 311 g/mol. The molecule has 2 saturated heterocycles. The maximum atomic E-state index is 5.88. The number of morpholine rings is 1. The first kappa shape index (κ1) is 16.0. The van der Waals surface area contributed by atoms with Crippen molar-refractivity contribution in [1.82, 2.24) is 10.2 Å². The van der Waals surface area contributed by atoms with Gasteiger partial charge in [0.05, 0.1) is 25.4 Å². The van der Waals surface area contributed by atoms with E-state index in [9.17, 15) is 0 Å². The lowest BCUT2D eigenvalue weighted by molar-refractivity contribution is -0.108. The number of guanidine groups is 1. The number of nitrogens with one attached hydrogen (secondary N) is 1. The van der Waals surface area contributed by atoms with Crippen LogP contribution in [-0.4, -0.2) is 76.2 Å². The number of rotatable bonds is 3. The molecule has 3 rings (SSSR count). The first-order valence-electron chi connectivity index (χ1n) is 8.28. The zero-order chi connectivity index (χ0) is 15.7. The Labute approximate surface area is 133 Å². The monoisotopic (exact) mass is 311 g/mol. The van der Waals surface area contributed by atoms with E-state index in [0.717, 1.165) is 38.7 Å². The van der Waals surface area contributed by atoms with Crippen molar-refractivity contribution < 1.29 is 14.2 Å². The van der Waals surface area contributed by atoms with Gasteiger partial charge in [-0.25, -0.2) is 0 Å². The van der Waals surface area contributed by atoms with Gasteiger partial charge in [-0.1, -0.05) is 13.8 Å². The van der Waals surface area contributed by atoms with E-state index in [1.807, 2.05) is 7.05 Å². The third-order valence-electron chi connectivity index (χ3n) is 5.39. The van der Waals surface area contributed by atoms with Crippen LogP contribution in [0, 0.1) is 11.3 Å². The van der Waals surface area contributed by atoms with Crippen LogP contribution in [0.2, 0.25) is 0 Å². The van der Waals surface area contributed by atoms with E-state index in [2.05, 4.69) is 29.1 Å². The summed E-state index contributed by atoms with van der Waals surface area (Å²) in [5.41, 5.74) is 0.162. The largest absolute Gasteiger partial charge is 0.382 e. The molecule has 2 aliphatic heterocycles. The zero-order valence-electron chi connectivity index (χ0n) is 14.2. The Morgan fingerprint density at radius 1 is 1.36 bits per heavy atom. The van der Waals surface area contributed by atoms with Gasteiger partial charge in [-0.2, -0.15) is 0 Å². The topological polar surface area (TPSA) is 55.3 Å². The Balaban J connectivity index is 1.63. The van der Waals surface area contributed by atoms with Crippen LogP contribution in [0.5, 0.6) is 0 Å². The van der Waals surface area contributed by atoms with Crippen molar-refractivity contribution in [2.24, 2.45) is 16.3 Å². The molecule has 4 atom stereocenters. The van der Waals surface area contributed by atoms with Crippen molar-refractivity contribution in [1.29, 1.82) is 0 Å². The summed E-state index contributed by atoms with van der Waals surface area (Å²) in [7, 11) is 3.57. The molecule has 0 bridgehead atoms. The molecular weight excluding hydrogens is 282 g/mol. The lowest BCUT2D eigenvalue weighted by Crippen LogP contribution is -2.68. The van der Waals surface area contributed by atoms with Crippen LogP contribution in [0.1, 0.15) is 20.3 Å². The molecule has 6 nitrogen and oxygen atoms in total. The highest BCUT2D eigenvalue weighted by molar-refractivity contribution is 5.80. The van der Waals surface area contributed by atoms with Gasteiger partial charge in [0.1, 0.15) is 0 Å². The molecule has 0 spiro atoms. The van der Waals surface area contributed by atoms with Crippen LogP contribution in [0.25, 0.3) is 0 Å². The smallest absolute Gasteiger partial charge is 0.194 e. The second-order valence-corrected chi connectivity index (χ2v) is 7.13. The minimum Gasteiger partial charge on any atom is -0.382 e. The van der Waals surface area contributed by atoms with Gasteiger partial charge >= 0.3 is 0 Å². The zero-order valence-corrected chi connectivity index (χ0v) is 14.2. The second kappa shape index (κ2) is 6.34. The van der Waals surface area contributed by atoms with Gasteiger partial charge in [0, 0.05) is 51.2 Å². The van der Waals surface area contributed by atoms with E-state index < -0.39 is 0 Å². The fourth-order valence-corrected chi connectivity index (χ4v) is 4.25. The molecule has 1 aliphatic carbocycles. The number of ether oxygens (including phenoxy) is 3. The van der Waals surface area contributed by atoms with Gasteiger partial charge in [0.15, 0.2) is 5.96 Å². The summed E-state index contributed by atoms with van der Waals surface area (Å²) in [4.78, 5) is 6.79. The maximum absolute atomic E-state index is 5.88. The Morgan fingerprint density at radius 3 is 2.91 bits per heavy atom. The summed E-state index contributed by atoms with van der Waals surface area (Å²) in [6.07, 6.45) is 1.67. The number of hydrogen-bond acceptors (Lipinski definition) is 4. The minimum atomic E-state index is 0.120. The number of hydrogen-bond donors (Lipinski definition) is 1. The van der Waals surface area contributed by atoms with E-state index >= 15 is 0 Å². The normalized spacial score (nSPS) is 37.6. The molecule has 0 amide bonds. The van der Waals surface area contributed by atoms with Crippen molar-refractivity contribution >= 4 is 5.96 Å². The lowest BCUT2D eigenvalue weighted by atomic mass is 9.57. The van der Waals surface area contributed by atoms with Gasteiger partial charge in [0.2, 0.25) is 0 Å². The van der Waals surface area contributed by atoms with E-state index in [1.165, 1.54) is 0 Å². The van der Waals surface area contributed by atoms with Crippen molar-refractivity contribution in [3.05, 3.63) is 0 Å². The van der Waals surface area contributed by atoms with Gasteiger partial charge in [-0.3, -0.25) is 4.99 Å². The Bertz CT molecular complexity index is 425. The molecule has 4 unspecified atom stereocenters. The summed E-state index contributed by atoms with van der Waals surface area (Å²) in [6, 6.07) is 0.433. The summed E-state index contributed by atoms with van der Waals surface area (Å²) >= 11 is 0. The third-order valence-corrected chi connectivity index (χ3v) is 5.39. The number of methoxy groups -OCH3 is 1. The average Bonchev–Trinajstić information content (AvgIpc) is 2.95. The van der Waals surface area contributed by atoms with E-state index in [4.69, 9.17) is 14.2 Å². The molecule has 1 N–H and O–H groups in total. The van der Waals surface area contributed by atoms with Crippen molar-refractivity contribution in [3.8, 4) is 0 Å². The quantitative estimate of drug-likeness (QED) is 0.615. The summed E-state index contributed by atoms with van der Waals surface area (Å²) in [6.45, 7) is 8.51. The molecule has 6 heteroatoms. The predicted octanol–water partition coefficient (Wildman–Crippen LogP) is 0.723. The first-order chi connectivity index (χ1) is 10.6. The molecule has 0 aromatic heterocycles. The first-order valence-corrected chi connectivity index (χ1v) is 8.28. The van der Waals surface area contributed by atoms with Crippen LogP contribution in [0.3, 0.4) is 0 Å². The molecule has 126 valence electrons. The van der Waals surface area contributed by atoms with Crippen LogP contribution >= 0.6 is 0 Å². The molecule has 2 heterocycles. The highest BCUT2D eigenvalue weighted by Crippen LogP contribution is 2.52. The standard InChI is InChI=1S/C16H29N3O3/c1-16(2)13(12-5-7-22-14(12)16)18-15(17-3)19-6-8-21-11(9-19)10-20-4/h11-14H,5-10H2,1-4H3,(H,17,18). The van der Waals surface area contributed by atoms with Gasteiger partial charge in [-0.15, -0.1) is 0 Å². The van der Waals surface area contributed by atoms with Crippen molar-refractivity contribution in [3.63, 3.8) is 0 Å². The summed E-state index contributed by atoms with van der Waals surface area (Å²) in [5, 5.41) is 3.70. The van der Waals surface area contributed by atoms with E-state index in [0.29, 0.717) is 24.7 Å². The number of fused-ring (bicyclic) bond motifs is 1. The summed E-state index contributed by atoms with van der Waals surface area (Å²) < 4.78 is 16.8. The van der Waals surface area contributed by atoms with Crippen molar-refractivity contribution in [2.75, 3.05) is 47.1 Å². The highest BCUT2D eigenvalue weighted by Gasteiger charge is 2.59. The molecule has 22 heavy (non-hydrogen) atoms. The molecule has 0 aromatic rings. The maximum Gasteiger partial charge on any atom is 0.194 e. The fraction of sp³-hybridized carbons (Fsp3) is 0.938. The third kappa shape index (κ3) is 2.72. The van der Waals surface area contributed by atoms with Crippen LogP contribution in [-0.2, 0) is 14.2 Å². The van der Waals surface area contributed by atoms with Gasteiger partial charge in [0.25, 0.3) is 0 Å². The molecule has 3 fully saturated rings. The van der Waals surface area contributed by atoms with Crippen LogP contribution < -0.4 is 5.32 Å². The highest BCUT2D eigenvalue weighted by atomic mass is 16.5. The van der Waals surface area contributed by atoms with Crippen LogP contribution in [0.15, 0.2) is 4.99 Å². The molecule has 0 radical (unpaired) electrons. The Morgan fingerprint density at radius 2 is 2.18 bits per heavy atom. The van der Waals surface area contributed by atoms with Crippen LogP contribution in [0.4, 0.5) is 0 Å². The molecule has 3 aliphatic rings.